The number of benzene rings is 4. The average molecular weight is 656 g/mol. The summed E-state index contributed by atoms with van der Waals surface area (Å²) in [6.07, 6.45) is 0.121. The number of nitrogens with zero attached hydrogens (tertiary/aromatic N) is 3. The van der Waals surface area contributed by atoms with Gasteiger partial charge >= 0.3 is 0 Å². The van der Waals surface area contributed by atoms with Gasteiger partial charge in [-0.05, 0) is 41.5 Å². The van der Waals surface area contributed by atoms with Gasteiger partial charge in [-0.25, -0.2) is 8.42 Å². The van der Waals surface area contributed by atoms with Crippen LogP contribution in [0.25, 0.3) is 0 Å². The third-order valence-corrected chi connectivity index (χ3v) is 9.32. The van der Waals surface area contributed by atoms with Gasteiger partial charge in [-0.3, -0.25) is 24.0 Å². The van der Waals surface area contributed by atoms with Gasteiger partial charge < -0.3 is 10.2 Å². The molecule has 0 aliphatic heterocycles. The molecule has 0 spiro atoms. The molecule has 0 fully saturated rings. The van der Waals surface area contributed by atoms with E-state index in [4.69, 9.17) is 23.2 Å². The second-order valence-corrected chi connectivity index (χ2v) is 12.4. The topological polar surface area (TPSA) is 130 Å². The minimum atomic E-state index is -4.40. The van der Waals surface area contributed by atoms with Crippen molar-refractivity contribution in [2.45, 2.75) is 23.9 Å². The fourth-order valence-electron chi connectivity index (χ4n) is 4.57. The summed E-state index contributed by atoms with van der Waals surface area (Å²) in [7, 11) is -2.95. The second-order valence-electron chi connectivity index (χ2n) is 9.69. The number of anilines is 1. The van der Waals surface area contributed by atoms with Crippen molar-refractivity contribution >= 4 is 56.4 Å². The van der Waals surface area contributed by atoms with Crippen molar-refractivity contribution in [2.24, 2.45) is 0 Å². The Hall–Kier alpha value is -4.45. The van der Waals surface area contributed by atoms with Crippen LogP contribution in [0.5, 0.6) is 0 Å². The Morgan fingerprint density at radius 1 is 0.864 bits per heavy atom. The molecule has 13 heteroatoms. The summed E-state index contributed by atoms with van der Waals surface area (Å²) in [5.41, 5.74) is 0.858. The number of nitro groups is 1. The van der Waals surface area contributed by atoms with E-state index in [9.17, 15) is 28.1 Å². The zero-order valence-corrected chi connectivity index (χ0v) is 25.8. The summed E-state index contributed by atoms with van der Waals surface area (Å²) >= 11 is 12.4. The molecule has 0 aliphatic carbocycles. The number of nitrogens with one attached hydrogen (secondary N) is 1. The molecule has 0 saturated heterocycles. The van der Waals surface area contributed by atoms with Gasteiger partial charge in [0, 0.05) is 32.1 Å². The molecular weight excluding hydrogens is 627 g/mol. The molecule has 228 valence electrons. The van der Waals surface area contributed by atoms with Crippen molar-refractivity contribution in [2.75, 3.05) is 17.9 Å². The second kappa shape index (κ2) is 14.3. The summed E-state index contributed by atoms with van der Waals surface area (Å²) in [5, 5.41) is 14.7. The van der Waals surface area contributed by atoms with Gasteiger partial charge in [0.15, 0.2) is 0 Å². The summed E-state index contributed by atoms with van der Waals surface area (Å²) in [4.78, 5) is 39.6. The quantitative estimate of drug-likeness (QED) is 0.159. The van der Waals surface area contributed by atoms with E-state index in [1.807, 2.05) is 18.2 Å². The highest BCUT2D eigenvalue weighted by Crippen LogP contribution is 2.29. The van der Waals surface area contributed by atoms with Gasteiger partial charge in [0.2, 0.25) is 11.8 Å². The predicted molar refractivity (Wildman–Crippen MR) is 169 cm³/mol. The molecule has 0 radical (unpaired) electrons. The van der Waals surface area contributed by atoms with Gasteiger partial charge in [-0.1, -0.05) is 83.9 Å². The molecule has 0 saturated carbocycles. The fourth-order valence-corrected chi connectivity index (χ4v) is 6.31. The van der Waals surface area contributed by atoms with Crippen LogP contribution in [0.4, 0.5) is 11.4 Å². The highest BCUT2D eigenvalue weighted by molar-refractivity contribution is 7.92. The highest BCUT2D eigenvalue weighted by Gasteiger charge is 2.34. The summed E-state index contributed by atoms with van der Waals surface area (Å²) < 4.78 is 28.7. The molecule has 44 heavy (non-hydrogen) atoms. The lowest BCUT2D eigenvalue weighted by Crippen LogP contribution is -2.53. The smallest absolute Gasteiger partial charge is 0.271 e. The SMILES string of the molecule is CNC(=O)[C@@H](Cc1ccccc1)N(Cc1ccc(Cl)c(Cl)c1)C(=O)CN(c1cccc([N+](=O)[O-])c1)S(=O)(=O)c1ccccc1. The number of amides is 2. The van der Waals surface area contributed by atoms with Crippen molar-refractivity contribution in [3.8, 4) is 0 Å². The van der Waals surface area contributed by atoms with E-state index < -0.39 is 39.3 Å². The number of carbonyl (C=O) groups excluding carboxylic acids is 2. The molecule has 4 aromatic rings. The minimum absolute atomic E-state index is 0.0922. The monoisotopic (exact) mass is 654 g/mol. The van der Waals surface area contributed by atoms with Crippen LogP contribution in [0, 0.1) is 10.1 Å². The Balaban J connectivity index is 1.82. The molecular formula is C31H28Cl2N4O6S. The number of hydrogen-bond acceptors (Lipinski definition) is 6. The van der Waals surface area contributed by atoms with Gasteiger partial charge in [-0.2, -0.15) is 0 Å². The molecule has 0 unspecified atom stereocenters. The number of carbonyl (C=O) groups is 2. The van der Waals surface area contributed by atoms with Gasteiger partial charge in [0.1, 0.15) is 12.6 Å². The number of hydrogen-bond donors (Lipinski definition) is 1. The number of non-ortho nitro benzene ring substituents is 1. The molecule has 2 amide bonds. The first kappa shape index (κ1) is 32.5. The Bertz CT molecular complexity index is 1760. The number of rotatable bonds is 12. The van der Waals surface area contributed by atoms with Crippen LogP contribution in [0.1, 0.15) is 11.1 Å². The molecule has 0 heterocycles. The van der Waals surface area contributed by atoms with E-state index >= 15 is 0 Å². The predicted octanol–water partition coefficient (Wildman–Crippen LogP) is 5.48. The molecule has 10 nitrogen and oxygen atoms in total. The third kappa shape index (κ3) is 7.73. The number of likely N-dealkylation sites (N-methyl/N-ethyl adjacent to an activating group) is 1. The van der Waals surface area contributed by atoms with Crippen LogP contribution in [0.3, 0.4) is 0 Å². The van der Waals surface area contributed by atoms with E-state index in [0.717, 1.165) is 15.9 Å². The lowest BCUT2D eigenvalue weighted by molar-refractivity contribution is -0.384. The molecule has 0 aliphatic rings. The summed E-state index contributed by atoms with van der Waals surface area (Å²) in [5.74, 6) is -1.21. The maximum Gasteiger partial charge on any atom is 0.271 e. The van der Waals surface area contributed by atoms with E-state index in [2.05, 4.69) is 5.32 Å². The van der Waals surface area contributed by atoms with Crippen molar-refractivity contribution < 1.29 is 22.9 Å². The first-order valence-corrected chi connectivity index (χ1v) is 15.5. The van der Waals surface area contributed by atoms with Crippen LogP contribution in [0.2, 0.25) is 10.0 Å². The summed E-state index contributed by atoms with van der Waals surface area (Å²) in [6.45, 7) is -0.878. The number of sulfonamides is 1. The largest absolute Gasteiger partial charge is 0.357 e. The zero-order valence-electron chi connectivity index (χ0n) is 23.5. The lowest BCUT2D eigenvalue weighted by Gasteiger charge is -2.33. The Labute approximate surface area is 265 Å². The van der Waals surface area contributed by atoms with Crippen molar-refractivity contribution in [3.05, 3.63) is 134 Å². The average Bonchev–Trinajstić information content (AvgIpc) is 3.03. The van der Waals surface area contributed by atoms with E-state index in [1.165, 1.54) is 54.4 Å². The van der Waals surface area contributed by atoms with Crippen molar-refractivity contribution in [3.63, 3.8) is 0 Å². The molecule has 1 N–H and O–H groups in total. The van der Waals surface area contributed by atoms with E-state index in [0.29, 0.717) is 10.6 Å². The Morgan fingerprint density at radius 3 is 2.14 bits per heavy atom. The summed E-state index contributed by atoms with van der Waals surface area (Å²) in [6, 6.07) is 25.2. The highest BCUT2D eigenvalue weighted by atomic mass is 35.5. The normalized spacial score (nSPS) is 11.8. The van der Waals surface area contributed by atoms with Crippen molar-refractivity contribution in [1.29, 1.82) is 0 Å². The molecule has 1 atom stereocenters. The van der Waals surface area contributed by atoms with E-state index in [-0.39, 0.29) is 34.3 Å². The maximum absolute atomic E-state index is 14.3. The van der Waals surface area contributed by atoms with Crippen LogP contribution >= 0.6 is 23.2 Å². The molecule has 4 rings (SSSR count). The minimum Gasteiger partial charge on any atom is -0.357 e. The van der Waals surface area contributed by atoms with Crippen LogP contribution in [-0.2, 0) is 32.6 Å². The van der Waals surface area contributed by atoms with Crippen LogP contribution in [0.15, 0.2) is 108 Å². The van der Waals surface area contributed by atoms with E-state index in [1.54, 1.807) is 36.4 Å². The first-order valence-electron chi connectivity index (χ1n) is 13.3. The number of nitro benzene ring substituents is 1. The molecule has 4 aromatic carbocycles. The zero-order chi connectivity index (χ0) is 31.9. The lowest BCUT2D eigenvalue weighted by atomic mass is 10.0. The van der Waals surface area contributed by atoms with Crippen LogP contribution < -0.4 is 9.62 Å². The first-order chi connectivity index (χ1) is 21.0. The van der Waals surface area contributed by atoms with Crippen molar-refractivity contribution in [1.82, 2.24) is 10.2 Å². The van der Waals surface area contributed by atoms with Gasteiger partial charge in [0.25, 0.3) is 15.7 Å². The standard InChI is InChI=1S/C31H28Cl2N4O6S/c1-34-31(39)29(18-22-9-4-2-5-10-22)35(20-23-15-16-27(32)28(33)17-23)30(38)21-36(24-11-8-12-25(19-24)37(40)41)44(42,43)26-13-6-3-7-14-26/h2-17,19,29H,18,20-21H2,1H3,(H,34,39)/t29-/m1/s1. The van der Waals surface area contributed by atoms with Gasteiger partial charge in [0.05, 0.1) is 25.6 Å². The Kier molecular flexibility index (Phi) is 10.6. The third-order valence-electron chi connectivity index (χ3n) is 6.79. The molecule has 0 bridgehead atoms. The van der Waals surface area contributed by atoms with Crippen LogP contribution in [-0.4, -0.2) is 49.7 Å². The van der Waals surface area contributed by atoms with Gasteiger partial charge in [-0.15, -0.1) is 0 Å². The number of halogens is 2. The Morgan fingerprint density at radius 2 is 1.52 bits per heavy atom. The maximum atomic E-state index is 14.3. The fraction of sp³-hybridized carbons (Fsp3) is 0.161. The molecule has 0 aromatic heterocycles.